The number of pyridine rings is 1. The summed E-state index contributed by atoms with van der Waals surface area (Å²) in [7, 11) is 1.74. The zero-order valence-corrected chi connectivity index (χ0v) is 12.1. The molecule has 0 radical (unpaired) electrons. The number of methoxy groups -OCH3 is 1. The number of imidazole rings is 1. The molecule has 0 aliphatic rings. The summed E-state index contributed by atoms with van der Waals surface area (Å²) in [5.41, 5.74) is 4.24. The zero-order chi connectivity index (χ0) is 13.5. The second kappa shape index (κ2) is 4.39. The predicted molar refractivity (Wildman–Crippen MR) is 74.1 cm³/mol. The van der Waals surface area contributed by atoms with E-state index in [1.165, 1.54) is 11.1 Å². The summed E-state index contributed by atoms with van der Waals surface area (Å²) in [5, 5.41) is 0. The van der Waals surface area contributed by atoms with E-state index in [9.17, 15) is 0 Å². The fourth-order valence-electron chi connectivity index (χ4n) is 2.01. The molecule has 3 nitrogen and oxygen atoms in total. The van der Waals surface area contributed by atoms with Crippen LogP contribution >= 0.6 is 0 Å². The number of rotatable bonds is 3. The van der Waals surface area contributed by atoms with Gasteiger partial charge < -0.3 is 9.14 Å². The Morgan fingerprint density at radius 3 is 2.50 bits per heavy atom. The summed E-state index contributed by atoms with van der Waals surface area (Å²) in [5.74, 6) is 0.447. The first kappa shape index (κ1) is 13.1. The second-order valence-corrected chi connectivity index (χ2v) is 5.68. The van der Waals surface area contributed by atoms with Crippen molar-refractivity contribution in [3.8, 4) is 0 Å². The molecule has 0 aromatic carbocycles. The van der Waals surface area contributed by atoms with Crippen molar-refractivity contribution in [1.82, 2.24) is 9.38 Å². The molecule has 2 heterocycles. The van der Waals surface area contributed by atoms with Crippen LogP contribution in [0, 0.1) is 6.92 Å². The number of hydrogen-bond acceptors (Lipinski definition) is 2. The molecule has 0 aliphatic carbocycles. The van der Waals surface area contributed by atoms with Gasteiger partial charge in [-0.05, 0) is 38.3 Å². The van der Waals surface area contributed by atoms with Gasteiger partial charge in [0.25, 0.3) is 0 Å². The monoisotopic (exact) mass is 246 g/mol. The average molecular weight is 246 g/mol. The van der Waals surface area contributed by atoms with Gasteiger partial charge in [-0.1, -0.05) is 13.8 Å². The Morgan fingerprint density at radius 1 is 1.28 bits per heavy atom. The summed E-state index contributed by atoms with van der Waals surface area (Å²) in [6, 6.07) is 2.16. The van der Waals surface area contributed by atoms with Crippen LogP contribution in [-0.4, -0.2) is 16.5 Å². The molecule has 0 amide bonds. The third-order valence-electron chi connectivity index (χ3n) is 3.55. The smallest absolute Gasteiger partial charge is 0.139 e. The fourth-order valence-corrected chi connectivity index (χ4v) is 2.01. The zero-order valence-electron chi connectivity index (χ0n) is 12.1. The minimum atomic E-state index is -0.277. The van der Waals surface area contributed by atoms with E-state index < -0.39 is 0 Å². The average Bonchev–Trinajstić information content (AvgIpc) is 2.73. The molecule has 2 rings (SSSR count). The molecule has 18 heavy (non-hydrogen) atoms. The van der Waals surface area contributed by atoms with Crippen molar-refractivity contribution in [3.63, 3.8) is 0 Å². The van der Waals surface area contributed by atoms with Gasteiger partial charge in [0.05, 0.1) is 11.3 Å². The van der Waals surface area contributed by atoms with Crippen molar-refractivity contribution in [2.45, 2.75) is 46.1 Å². The normalized spacial score (nSPS) is 12.6. The van der Waals surface area contributed by atoms with E-state index in [1.807, 2.05) is 0 Å². The van der Waals surface area contributed by atoms with Crippen molar-refractivity contribution in [2.24, 2.45) is 0 Å². The first-order chi connectivity index (χ1) is 8.35. The van der Waals surface area contributed by atoms with Crippen LogP contribution in [-0.2, 0) is 10.3 Å². The molecule has 3 heteroatoms. The van der Waals surface area contributed by atoms with Crippen LogP contribution in [0.5, 0.6) is 0 Å². The summed E-state index contributed by atoms with van der Waals surface area (Å²) in [6.07, 6.45) is 4.23. The molecule has 0 spiro atoms. The molecular formula is C15H22N2O. The standard InChI is InChI=1S/C15H22N2O/c1-10(2)13-9-17-8-12(15(4,5)18-6)7-11(3)14(17)16-13/h7-10H,1-6H3. The summed E-state index contributed by atoms with van der Waals surface area (Å²) >= 11 is 0. The van der Waals surface area contributed by atoms with Gasteiger partial charge in [0.15, 0.2) is 0 Å². The lowest BCUT2D eigenvalue weighted by Gasteiger charge is -2.24. The quantitative estimate of drug-likeness (QED) is 0.826. The predicted octanol–water partition coefficient (Wildman–Crippen LogP) is 3.65. The van der Waals surface area contributed by atoms with Crippen molar-refractivity contribution in [1.29, 1.82) is 0 Å². The minimum absolute atomic E-state index is 0.277. The van der Waals surface area contributed by atoms with E-state index in [0.717, 1.165) is 11.3 Å². The van der Waals surface area contributed by atoms with Gasteiger partial charge >= 0.3 is 0 Å². The highest BCUT2D eigenvalue weighted by atomic mass is 16.5. The SMILES string of the molecule is COC(C)(C)c1cc(C)c2nc(C(C)C)cn2c1. The Kier molecular flexibility index (Phi) is 3.20. The third-order valence-corrected chi connectivity index (χ3v) is 3.55. The highest BCUT2D eigenvalue weighted by molar-refractivity contribution is 5.50. The molecule has 0 saturated heterocycles. The Bertz CT molecular complexity index is 567. The van der Waals surface area contributed by atoms with E-state index in [-0.39, 0.29) is 5.60 Å². The van der Waals surface area contributed by atoms with Crippen LogP contribution in [0.15, 0.2) is 18.5 Å². The maximum absolute atomic E-state index is 5.55. The lowest BCUT2D eigenvalue weighted by molar-refractivity contribution is 0.0188. The van der Waals surface area contributed by atoms with Crippen LogP contribution in [0.4, 0.5) is 0 Å². The summed E-state index contributed by atoms with van der Waals surface area (Å²) in [6.45, 7) is 10.6. The van der Waals surface area contributed by atoms with E-state index >= 15 is 0 Å². The van der Waals surface area contributed by atoms with Gasteiger partial charge in [0, 0.05) is 25.1 Å². The highest BCUT2D eigenvalue weighted by Gasteiger charge is 2.21. The van der Waals surface area contributed by atoms with Crippen molar-refractivity contribution >= 4 is 5.65 Å². The van der Waals surface area contributed by atoms with Crippen molar-refractivity contribution < 1.29 is 4.74 Å². The molecule has 0 atom stereocenters. The number of aromatic nitrogens is 2. The van der Waals surface area contributed by atoms with Crippen LogP contribution in [0.1, 0.15) is 50.4 Å². The first-order valence-corrected chi connectivity index (χ1v) is 6.40. The fraction of sp³-hybridized carbons (Fsp3) is 0.533. The van der Waals surface area contributed by atoms with Crippen molar-refractivity contribution in [2.75, 3.05) is 7.11 Å². The van der Waals surface area contributed by atoms with Crippen LogP contribution in [0.3, 0.4) is 0 Å². The van der Waals surface area contributed by atoms with Gasteiger partial charge in [-0.15, -0.1) is 0 Å². The molecule has 0 unspecified atom stereocenters. The molecule has 0 aliphatic heterocycles. The molecule has 0 bridgehead atoms. The van der Waals surface area contributed by atoms with Gasteiger partial charge in [0.2, 0.25) is 0 Å². The number of ether oxygens (including phenoxy) is 1. The number of aryl methyl sites for hydroxylation is 1. The molecule has 0 N–H and O–H groups in total. The van der Waals surface area contributed by atoms with E-state index in [4.69, 9.17) is 4.74 Å². The molecule has 98 valence electrons. The maximum atomic E-state index is 5.55. The Hall–Kier alpha value is -1.35. The van der Waals surface area contributed by atoms with Crippen LogP contribution < -0.4 is 0 Å². The Balaban J connectivity index is 2.62. The molecule has 2 aromatic rings. The third kappa shape index (κ3) is 2.15. The number of hydrogen-bond donors (Lipinski definition) is 0. The Labute approximate surface area is 109 Å². The maximum Gasteiger partial charge on any atom is 0.139 e. The van der Waals surface area contributed by atoms with Crippen LogP contribution in [0.25, 0.3) is 5.65 Å². The molecule has 0 saturated carbocycles. The van der Waals surface area contributed by atoms with E-state index in [2.05, 4.69) is 62.5 Å². The summed E-state index contributed by atoms with van der Waals surface area (Å²) < 4.78 is 7.66. The number of nitrogens with zero attached hydrogens (tertiary/aromatic N) is 2. The highest BCUT2D eigenvalue weighted by Crippen LogP contribution is 2.26. The van der Waals surface area contributed by atoms with Gasteiger partial charge in [-0.2, -0.15) is 0 Å². The van der Waals surface area contributed by atoms with Gasteiger partial charge in [0.1, 0.15) is 5.65 Å². The van der Waals surface area contributed by atoms with Gasteiger partial charge in [-0.25, -0.2) is 4.98 Å². The lowest BCUT2D eigenvalue weighted by atomic mass is 9.99. The Morgan fingerprint density at radius 2 is 1.94 bits per heavy atom. The van der Waals surface area contributed by atoms with E-state index in [0.29, 0.717) is 5.92 Å². The minimum Gasteiger partial charge on any atom is -0.374 e. The second-order valence-electron chi connectivity index (χ2n) is 5.68. The van der Waals surface area contributed by atoms with E-state index in [1.54, 1.807) is 7.11 Å². The summed E-state index contributed by atoms with van der Waals surface area (Å²) in [4.78, 5) is 4.68. The molecular weight excluding hydrogens is 224 g/mol. The van der Waals surface area contributed by atoms with Gasteiger partial charge in [-0.3, -0.25) is 0 Å². The van der Waals surface area contributed by atoms with Crippen LogP contribution in [0.2, 0.25) is 0 Å². The largest absolute Gasteiger partial charge is 0.374 e. The molecule has 2 aromatic heterocycles. The first-order valence-electron chi connectivity index (χ1n) is 6.40. The lowest BCUT2D eigenvalue weighted by Crippen LogP contribution is -2.20. The molecule has 0 fully saturated rings. The van der Waals surface area contributed by atoms with Crippen molar-refractivity contribution in [3.05, 3.63) is 35.3 Å². The number of fused-ring (bicyclic) bond motifs is 1. The topological polar surface area (TPSA) is 26.5 Å².